The summed E-state index contributed by atoms with van der Waals surface area (Å²) in [7, 11) is 1.00. The number of hydrogen-bond donors (Lipinski definition) is 2. The van der Waals surface area contributed by atoms with Crippen LogP contribution in [0.3, 0.4) is 0 Å². The second kappa shape index (κ2) is 6.92. The van der Waals surface area contributed by atoms with Crippen LogP contribution in [0.4, 0.5) is 0 Å². The standard InChI is InChI=1S/C5H12O.CH4O/c1-4(2)5(3)6;1-2/h4-6H,1-3H3;2H,1H3. The van der Waals surface area contributed by atoms with E-state index in [1.165, 1.54) is 0 Å². The van der Waals surface area contributed by atoms with E-state index in [-0.39, 0.29) is 6.10 Å². The predicted molar refractivity (Wildman–Crippen MR) is 34.7 cm³/mol. The molecular weight excluding hydrogens is 104 g/mol. The summed E-state index contributed by atoms with van der Waals surface area (Å²) in [5.41, 5.74) is 0. The Morgan fingerprint density at radius 1 is 1.00 bits per heavy atom. The summed E-state index contributed by atoms with van der Waals surface area (Å²) in [5.74, 6) is 0.407. The zero-order valence-corrected chi connectivity index (χ0v) is 6.05. The molecule has 0 aliphatic carbocycles. The minimum absolute atomic E-state index is 0.148. The quantitative estimate of drug-likeness (QED) is 0.533. The van der Waals surface area contributed by atoms with Gasteiger partial charge in [0.15, 0.2) is 0 Å². The van der Waals surface area contributed by atoms with E-state index in [0.29, 0.717) is 5.92 Å². The highest BCUT2D eigenvalue weighted by Gasteiger charge is 1.97. The molecule has 0 saturated heterocycles. The maximum Gasteiger partial charge on any atom is 0.0535 e. The lowest BCUT2D eigenvalue weighted by atomic mass is 10.1. The van der Waals surface area contributed by atoms with Crippen LogP contribution in [0, 0.1) is 5.92 Å². The largest absolute Gasteiger partial charge is 0.400 e. The number of rotatable bonds is 1. The molecule has 0 aromatic heterocycles. The molecule has 1 atom stereocenters. The lowest BCUT2D eigenvalue weighted by molar-refractivity contribution is 0.144. The second-order valence-corrected chi connectivity index (χ2v) is 1.98. The first-order valence-corrected chi connectivity index (χ1v) is 2.77. The average molecular weight is 120 g/mol. The van der Waals surface area contributed by atoms with Gasteiger partial charge < -0.3 is 10.2 Å². The molecule has 0 aliphatic rings. The van der Waals surface area contributed by atoms with E-state index in [9.17, 15) is 0 Å². The van der Waals surface area contributed by atoms with Crippen LogP contribution in [-0.2, 0) is 0 Å². The molecular formula is C6H16O2. The van der Waals surface area contributed by atoms with Crippen molar-refractivity contribution in [2.24, 2.45) is 5.92 Å². The molecule has 0 radical (unpaired) electrons. The third kappa shape index (κ3) is 9.33. The van der Waals surface area contributed by atoms with Gasteiger partial charge in [-0.1, -0.05) is 13.8 Å². The van der Waals surface area contributed by atoms with Gasteiger partial charge in [-0.05, 0) is 12.8 Å². The molecule has 0 amide bonds. The number of hydrogen-bond acceptors (Lipinski definition) is 2. The topological polar surface area (TPSA) is 40.5 Å². The lowest BCUT2D eigenvalue weighted by Gasteiger charge is -2.04. The van der Waals surface area contributed by atoms with E-state index in [2.05, 4.69) is 0 Å². The van der Waals surface area contributed by atoms with Gasteiger partial charge in [0, 0.05) is 7.11 Å². The molecule has 0 spiro atoms. The van der Waals surface area contributed by atoms with Gasteiger partial charge in [-0.2, -0.15) is 0 Å². The van der Waals surface area contributed by atoms with E-state index in [0.717, 1.165) is 7.11 Å². The van der Waals surface area contributed by atoms with Crippen molar-refractivity contribution in [2.45, 2.75) is 26.9 Å². The molecule has 8 heavy (non-hydrogen) atoms. The van der Waals surface area contributed by atoms with Gasteiger partial charge in [0.2, 0.25) is 0 Å². The smallest absolute Gasteiger partial charge is 0.0535 e. The minimum Gasteiger partial charge on any atom is -0.400 e. The third-order valence-corrected chi connectivity index (χ3v) is 0.965. The van der Waals surface area contributed by atoms with Crippen molar-refractivity contribution in [3.05, 3.63) is 0 Å². The van der Waals surface area contributed by atoms with E-state index >= 15 is 0 Å². The molecule has 0 aromatic carbocycles. The first-order valence-electron chi connectivity index (χ1n) is 2.77. The summed E-state index contributed by atoms with van der Waals surface area (Å²) in [5, 5.41) is 15.6. The van der Waals surface area contributed by atoms with E-state index in [1.807, 2.05) is 13.8 Å². The van der Waals surface area contributed by atoms with E-state index in [1.54, 1.807) is 6.92 Å². The molecule has 0 aliphatic heterocycles. The van der Waals surface area contributed by atoms with Crippen LogP contribution in [0.5, 0.6) is 0 Å². The molecule has 0 aromatic rings. The van der Waals surface area contributed by atoms with Crippen molar-refractivity contribution in [2.75, 3.05) is 7.11 Å². The van der Waals surface area contributed by atoms with Gasteiger partial charge in [0.05, 0.1) is 6.10 Å². The third-order valence-electron chi connectivity index (χ3n) is 0.965. The molecule has 2 nitrogen and oxygen atoms in total. The van der Waals surface area contributed by atoms with Crippen molar-refractivity contribution < 1.29 is 10.2 Å². The Kier molecular flexibility index (Phi) is 9.36. The van der Waals surface area contributed by atoms with E-state index in [4.69, 9.17) is 10.2 Å². The van der Waals surface area contributed by atoms with Crippen LogP contribution in [-0.4, -0.2) is 23.4 Å². The molecule has 0 saturated carbocycles. The highest BCUT2D eigenvalue weighted by atomic mass is 16.3. The average Bonchev–Trinajstić information content (AvgIpc) is 1.72. The summed E-state index contributed by atoms with van der Waals surface area (Å²) >= 11 is 0. The maximum atomic E-state index is 8.63. The van der Waals surface area contributed by atoms with Gasteiger partial charge in [-0.25, -0.2) is 0 Å². The molecule has 1 unspecified atom stereocenters. The lowest BCUT2D eigenvalue weighted by Crippen LogP contribution is -2.07. The van der Waals surface area contributed by atoms with Crippen molar-refractivity contribution in [1.82, 2.24) is 0 Å². The maximum absolute atomic E-state index is 8.63. The molecule has 0 heterocycles. The Morgan fingerprint density at radius 2 is 1.12 bits per heavy atom. The Bertz CT molecular complexity index is 27.5. The highest BCUT2D eigenvalue weighted by Crippen LogP contribution is 1.96. The van der Waals surface area contributed by atoms with Gasteiger partial charge in [0.25, 0.3) is 0 Å². The van der Waals surface area contributed by atoms with Crippen molar-refractivity contribution >= 4 is 0 Å². The zero-order valence-electron chi connectivity index (χ0n) is 6.05. The Balaban J connectivity index is 0. The SMILES string of the molecule is CC(C)C(C)O.CO. The van der Waals surface area contributed by atoms with E-state index < -0.39 is 0 Å². The summed E-state index contributed by atoms with van der Waals surface area (Å²) < 4.78 is 0. The number of aliphatic hydroxyl groups excluding tert-OH is 2. The molecule has 2 N–H and O–H groups in total. The van der Waals surface area contributed by atoms with Crippen LogP contribution in [0.2, 0.25) is 0 Å². The fraction of sp³-hybridized carbons (Fsp3) is 1.00. The van der Waals surface area contributed by atoms with Gasteiger partial charge >= 0.3 is 0 Å². The summed E-state index contributed by atoms with van der Waals surface area (Å²) in [6, 6.07) is 0. The Labute approximate surface area is 51.2 Å². The van der Waals surface area contributed by atoms with Crippen LogP contribution in [0.25, 0.3) is 0 Å². The van der Waals surface area contributed by atoms with Crippen LogP contribution >= 0.6 is 0 Å². The van der Waals surface area contributed by atoms with Crippen LogP contribution in [0.15, 0.2) is 0 Å². The fourth-order valence-electron chi connectivity index (χ4n) is 0. The van der Waals surface area contributed by atoms with Crippen molar-refractivity contribution in [3.8, 4) is 0 Å². The van der Waals surface area contributed by atoms with Gasteiger partial charge in [0.1, 0.15) is 0 Å². The van der Waals surface area contributed by atoms with Crippen molar-refractivity contribution in [3.63, 3.8) is 0 Å². The second-order valence-electron chi connectivity index (χ2n) is 1.98. The molecule has 0 rings (SSSR count). The van der Waals surface area contributed by atoms with Crippen LogP contribution in [0.1, 0.15) is 20.8 Å². The minimum atomic E-state index is -0.148. The van der Waals surface area contributed by atoms with Crippen LogP contribution < -0.4 is 0 Å². The zero-order chi connectivity index (χ0) is 7.15. The Hall–Kier alpha value is -0.0800. The summed E-state index contributed by atoms with van der Waals surface area (Å²) in [4.78, 5) is 0. The first kappa shape index (κ1) is 10.8. The molecule has 0 bridgehead atoms. The Morgan fingerprint density at radius 3 is 1.12 bits per heavy atom. The first-order chi connectivity index (χ1) is 3.64. The molecule has 0 fully saturated rings. The van der Waals surface area contributed by atoms with Gasteiger partial charge in [-0.15, -0.1) is 0 Å². The molecule has 52 valence electrons. The summed E-state index contributed by atoms with van der Waals surface area (Å²) in [6.07, 6.45) is -0.148. The normalized spacial score (nSPS) is 12.4. The summed E-state index contributed by atoms with van der Waals surface area (Å²) in [6.45, 7) is 5.78. The fourth-order valence-corrected chi connectivity index (χ4v) is 0. The number of aliphatic hydroxyl groups is 2. The van der Waals surface area contributed by atoms with Gasteiger partial charge in [-0.3, -0.25) is 0 Å². The predicted octanol–water partition coefficient (Wildman–Crippen LogP) is 0.632. The molecule has 2 heteroatoms. The highest BCUT2D eigenvalue weighted by molar-refractivity contribution is 4.48. The monoisotopic (exact) mass is 120 g/mol. The van der Waals surface area contributed by atoms with Crippen molar-refractivity contribution in [1.29, 1.82) is 0 Å².